The highest BCUT2D eigenvalue weighted by atomic mass is 19.1. The van der Waals surface area contributed by atoms with Crippen molar-refractivity contribution >= 4 is 17.6 Å². The first-order valence-corrected chi connectivity index (χ1v) is 9.81. The smallest absolute Gasteiger partial charge is 0.321 e. The normalized spacial score (nSPS) is 19.8. The van der Waals surface area contributed by atoms with Gasteiger partial charge in [-0.25, -0.2) is 9.18 Å². The molecule has 0 spiro atoms. The Balaban J connectivity index is 1.38. The molecule has 2 heterocycles. The van der Waals surface area contributed by atoms with Crippen molar-refractivity contribution in [2.45, 2.75) is 31.7 Å². The van der Waals surface area contributed by atoms with Crippen molar-refractivity contribution in [3.63, 3.8) is 0 Å². The average molecular weight is 381 g/mol. The Morgan fingerprint density at radius 2 is 1.86 bits per heavy atom. The molecule has 2 aromatic rings. The molecule has 2 saturated heterocycles. The highest BCUT2D eigenvalue weighted by molar-refractivity contribution is 5.90. The maximum absolute atomic E-state index is 13.4. The maximum atomic E-state index is 13.4. The summed E-state index contributed by atoms with van der Waals surface area (Å²) in [4.78, 5) is 28.4. The first-order chi connectivity index (χ1) is 13.6. The fourth-order valence-electron chi connectivity index (χ4n) is 4.07. The molecule has 2 aromatic carbocycles. The number of benzene rings is 2. The van der Waals surface area contributed by atoms with Gasteiger partial charge in [0.1, 0.15) is 5.82 Å². The lowest BCUT2D eigenvalue weighted by molar-refractivity contribution is -0.130. The lowest BCUT2D eigenvalue weighted by Crippen LogP contribution is -2.51. The molecule has 0 saturated carbocycles. The largest absolute Gasteiger partial charge is 0.338 e. The second kappa shape index (κ2) is 8.00. The van der Waals surface area contributed by atoms with E-state index in [4.69, 9.17) is 0 Å². The van der Waals surface area contributed by atoms with Gasteiger partial charge in [0.15, 0.2) is 0 Å². The van der Waals surface area contributed by atoms with Crippen molar-refractivity contribution < 1.29 is 14.0 Å². The molecule has 2 aliphatic rings. The summed E-state index contributed by atoms with van der Waals surface area (Å²) < 4.78 is 13.4. The number of nitrogens with one attached hydrogen (secondary N) is 1. The molecule has 5 nitrogen and oxygen atoms in total. The predicted octanol–water partition coefficient (Wildman–Crippen LogP) is 4.11. The lowest BCUT2D eigenvalue weighted by Gasteiger charge is -2.37. The molecular formula is C22H24FN3O2. The topological polar surface area (TPSA) is 52.7 Å². The SMILES string of the molecule is O=C(Nc1ccc(-c2cccc(F)c2)cc1)N1CCCC(N2CCCC2=O)C1. The Hall–Kier alpha value is -2.89. The van der Waals surface area contributed by atoms with Crippen molar-refractivity contribution in [3.8, 4) is 11.1 Å². The lowest BCUT2D eigenvalue weighted by atomic mass is 10.0. The van der Waals surface area contributed by atoms with Crippen LogP contribution in [0.2, 0.25) is 0 Å². The third kappa shape index (κ3) is 4.01. The Morgan fingerprint density at radius 1 is 1.04 bits per heavy atom. The Kier molecular flexibility index (Phi) is 5.28. The monoisotopic (exact) mass is 381 g/mol. The minimum atomic E-state index is -0.272. The van der Waals surface area contributed by atoms with Gasteiger partial charge in [-0.3, -0.25) is 4.79 Å². The number of halogens is 1. The van der Waals surface area contributed by atoms with Crippen molar-refractivity contribution in [2.75, 3.05) is 25.0 Å². The van der Waals surface area contributed by atoms with Gasteiger partial charge in [0, 0.05) is 37.8 Å². The van der Waals surface area contributed by atoms with Crippen LogP contribution in [0.3, 0.4) is 0 Å². The summed E-state index contributed by atoms with van der Waals surface area (Å²) in [6.45, 7) is 2.09. The van der Waals surface area contributed by atoms with E-state index >= 15 is 0 Å². The van der Waals surface area contributed by atoms with Gasteiger partial charge in [0.05, 0.1) is 0 Å². The first-order valence-electron chi connectivity index (χ1n) is 9.81. The van der Waals surface area contributed by atoms with Gasteiger partial charge in [0.2, 0.25) is 5.91 Å². The maximum Gasteiger partial charge on any atom is 0.321 e. The highest BCUT2D eigenvalue weighted by Crippen LogP contribution is 2.24. The summed E-state index contributed by atoms with van der Waals surface area (Å²) in [5, 5.41) is 2.93. The summed E-state index contributed by atoms with van der Waals surface area (Å²) in [5.74, 6) is -0.0637. The molecule has 4 rings (SSSR count). The number of nitrogens with zero attached hydrogens (tertiary/aromatic N) is 2. The molecule has 0 radical (unpaired) electrons. The number of urea groups is 1. The molecule has 1 N–H and O–H groups in total. The van der Waals surface area contributed by atoms with Gasteiger partial charge in [0.25, 0.3) is 0 Å². The van der Waals surface area contributed by atoms with Gasteiger partial charge < -0.3 is 15.1 Å². The zero-order valence-corrected chi connectivity index (χ0v) is 15.7. The Labute approximate surface area is 164 Å². The van der Waals surface area contributed by atoms with Crippen LogP contribution in [0.1, 0.15) is 25.7 Å². The number of likely N-dealkylation sites (tertiary alicyclic amines) is 2. The van der Waals surface area contributed by atoms with Crippen LogP contribution >= 0.6 is 0 Å². The van der Waals surface area contributed by atoms with Crippen LogP contribution in [-0.2, 0) is 4.79 Å². The van der Waals surface area contributed by atoms with Gasteiger partial charge in [-0.15, -0.1) is 0 Å². The first kappa shape index (κ1) is 18.5. The highest BCUT2D eigenvalue weighted by Gasteiger charge is 2.32. The minimum Gasteiger partial charge on any atom is -0.338 e. The van der Waals surface area contributed by atoms with Crippen molar-refractivity contribution in [1.82, 2.24) is 9.80 Å². The molecule has 1 unspecified atom stereocenters. The van der Waals surface area contributed by atoms with Crippen LogP contribution in [0.5, 0.6) is 0 Å². The summed E-state index contributed by atoms with van der Waals surface area (Å²) in [5.41, 5.74) is 2.39. The number of rotatable bonds is 3. The summed E-state index contributed by atoms with van der Waals surface area (Å²) in [6.07, 6.45) is 3.40. The quantitative estimate of drug-likeness (QED) is 0.870. The van der Waals surface area contributed by atoms with Crippen LogP contribution < -0.4 is 5.32 Å². The predicted molar refractivity (Wildman–Crippen MR) is 106 cm³/mol. The fourth-order valence-corrected chi connectivity index (χ4v) is 4.07. The van der Waals surface area contributed by atoms with Gasteiger partial charge >= 0.3 is 6.03 Å². The number of piperidine rings is 1. The molecule has 0 bridgehead atoms. The zero-order valence-electron chi connectivity index (χ0n) is 15.7. The van der Waals surface area contributed by atoms with Crippen LogP contribution in [-0.4, -0.2) is 47.4 Å². The van der Waals surface area contributed by atoms with Crippen LogP contribution in [0.15, 0.2) is 48.5 Å². The number of hydrogen-bond donors (Lipinski definition) is 1. The van der Waals surface area contributed by atoms with E-state index in [-0.39, 0.29) is 23.8 Å². The molecule has 146 valence electrons. The molecule has 0 aromatic heterocycles. The molecular weight excluding hydrogens is 357 g/mol. The molecule has 2 aliphatic heterocycles. The van der Waals surface area contributed by atoms with E-state index in [0.717, 1.165) is 36.9 Å². The average Bonchev–Trinajstić information content (AvgIpc) is 3.14. The Morgan fingerprint density at radius 3 is 2.57 bits per heavy atom. The van der Waals surface area contributed by atoms with E-state index in [9.17, 15) is 14.0 Å². The van der Waals surface area contributed by atoms with E-state index in [1.807, 2.05) is 35.2 Å². The summed E-state index contributed by atoms with van der Waals surface area (Å²) in [6, 6.07) is 13.8. The summed E-state index contributed by atoms with van der Waals surface area (Å²) >= 11 is 0. The molecule has 28 heavy (non-hydrogen) atoms. The number of anilines is 1. The minimum absolute atomic E-state index is 0.129. The van der Waals surface area contributed by atoms with Crippen molar-refractivity contribution in [2.24, 2.45) is 0 Å². The van der Waals surface area contributed by atoms with E-state index in [2.05, 4.69) is 5.32 Å². The third-order valence-corrected chi connectivity index (χ3v) is 5.53. The van der Waals surface area contributed by atoms with Gasteiger partial charge in [-0.05, 0) is 54.7 Å². The van der Waals surface area contributed by atoms with Crippen LogP contribution in [0.4, 0.5) is 14.9 Å². The number of carbonyl (C=O) groups excluding carboxylic acids is 2. The van der Waals surface area contributed by atoms with Crippen molar-refractivity contribution in [3.05, 3.63) is 54.3 Å². The summed E-state index contributed by atoms with van der Waals surface area (Å²) in [7, 11) is 0. The number of hydrogen-bond acceptors (Lipinski definition) is 2. The number of amides is 3. The van der Waals surface area contributed by atoms with Gasteiger partial charge in [-0.2, -0.15) is 0 Å². The zero-order chi connectivity index (χ0) is 19.5. The van der Waals surface area contributed by atoms with Crippen LogP contribution in [0, 0.1) is 5.82 Å². The van der Waals surface area contributed by atoms with Crippen molar-refractivity contribution in [1.29, 1.82) is 0 Å². The van der Waals surface area contributed by atoms with E-state index in [1.54, 1.807) is 11.0 Å². The second-order valence-corrected chi connectivity index (χ2v) is 7.45. The molecule has 1 atom stereocenters. The second-order valence-electron chi connectivity index (χ2n) is 7.45. The fraction of sp³-hybridized carbons (Fsp3) is 0.364. The molecule has 6 heteroatoms. The van der Waals surface area contributed by atoms with E-state index in [0.29, 0.717) is 25.2 Å². The Bertz CT molecular complexity index is 868. The van der Waals surface area contributed by atoms with Gasteiger partial charge in [-0.1, -0.05) is 24.3 Å². The molecule has 0 aliphatic carbocycles. The van der Waals surface area contributed by atoms with E-state index in [1.165, 1.54) is 12.1 Å². The van der Waals surface area contributed by atoms with Crippen LogP contribution in [0.25, 0.3) is 11.1 Å². The third-order valence-electron chi connectivity index (χ3n) is 5.53. The molecule has 2 fully saturated rings. The standard InChI is InChI=1S/C22H24FN3O2/c23-18-5-1-4-17(14-18)16-8-10-19(11-9-16)24-22(28)25-12-2-6-20(15-25)26-13-3-7-21(26)27/h1,4-5,8-11,14,20H,2-3,6-7,12-13,15H2,(H,24,28). The number of carbonyl (C=O) groups is 2. The van der Waals surface area contributed by atoms with E-state index < -0.39 is 0 Å². The molecule has 3 amide bonds.